The average Bonchev–Trinajstić information content (AvgIpc) is 3.18. The van der Waals surface area contributed by atoms with E-state index in [0.717, 1.165) is 49.0 Å². The van der Waals surface area contributed by atoms with Crippen molar-refractivity contribution >= 4 is 38.3 Å². The number of H-pyrrole nitrogens is 1. The molecule has 8 nitrogen and oxygen atoms in total. The molecule has 3 aromatic heterocycles. The Morgan fingerprint density at radius 1 is 1.33 bits per heavy atom. The highest BCUT2D eigenvalue weighted by molar-refractivity contribution is 7.89. The van der Waals surface area contributed by atoms with E-state index in [0.29, 0.717) is 22.2 Å². The summed E-state index contributed by atoms with van der Waals surface area (Å²) in [5.74, 6) is 0.605. The van der Waals surface area contributed by atoms with Crippen molar-refractivity contribution in [2.24, 2.45) is 11.3 Å². The number of nitrogens with one attached hydrogen (secondary N) is 2. The van der Waals surface area contributed by atoms with E-state index in [1.165, 1.54) is 24.5 Å². The SMILES string of the molecule is CNS(=O)(=O)c1cc(C(=O)N2CC[C@H](c3ncnc4[nH]ccc34)[C@H](C)CC3(CC3)C2)sc1C. The molecule has 10 heteroatoms. The summed E-state index contributed by atoms with van der Waals surface area (Å²) in [4.78, 5) is 29.0. The molecular weight excluding hydrogens is 458 g/mol. The molecule has 33 heavy (non-hydrogen) atoms. The number of carbonyl (C=O) groups excluding carboxylic acids is 1. The lowest BCUT2D eigenvalue weighted by Gasteiger charge is -2.36. The van der Waals surface area contributed by atoms with E-state index in [9.17, 15) is 13.2 Å². The molecule has 1 aliphatic heterocycles. The Morgan fingerprint density at radius 2 is 2.12 bits per heavy atom. The number of fused-ring (bicyclic) bond motifs is 1. The maximum atomic E-state index is 13.5. The number of rotatable bonds is 4. The lowest BCUT2D eigenvalue weighted by Crippen LogP contribution is -2.40. The first kappa shape index (κ1) is 22.5. The Labute approximate surface area is 197 Å². The van der Waals surface area contributed by atoms with Crippen molar-refractivity contribution in [3.05, 3.63) is 40.1 Å². The minimum absolute atomic E-state index is 0.0743. The van der Waals surface area contributed by atoms with Crippen LogP contribution in [0.3, 0.4) is 0 Å². The quantitative estimate of drug-likeness (QED) is 0.584. The molecule has 0 bridgehead atoms. The van der Waals surface area contributed by atoms with E-state index >= 15 is 0 Å². The zero-order valence-corrected chi connectivity index (χ0v) is 20.7. The van der Waals surface area contributed by atoms with Gasteiger partial charge in [0, 0.05) is 35.5 Å². The van der Waals surface area contributed by atoms with E-state index in [4.69, 9.17) is 0 Å². The van der Waals surface area contributed by atoms with Crippen LogP contribution in [0.4, 0.5) is 0 Å². The zero-order valence-electron chi connectivity index (χ0n) is 19.1. The van der Waals surface area contributed by atoms with Gasteiger partial charge in [0.05, 0.1) is 15.5 Å². The Morgan fingerprint density at radius 3 is 2.85 bits per heavy atom. The zero-order chi connectivity index (χ0) is 23.4. The van der Waals surface area contributed by atoms with Crippen LogP contribution in [0.5, 0.6) is 0 Å². The standard InChI is InChI=1S/C23H29N5O3S2/c1-14-11-23(6-7-23)12-28(22(29)18-10-19(15(2)32-18)33(30,31)24-3)9-5-16(14)20-17-4-8-25-21(17)27-13-26-20/h4,8,10,13-14,16,24H,5-7,9,11-12H2,1-3H3,(H,25,26,27)/t14-,16+/m1/s1. The highest BCUT2D eigenvalue weighted by atomic mass is 32.2. The topological polar surface area (TPSA) is 108 Å². The molecule has 1 amide bonds. The number of sulfonamides is 1. The number of carbonyl (C=O) groups is 1. The first-order valence-electron chi connectivity index (χ1n) is 11.3. The number of aromatic amines is 1. The summed E-state index contributed by atoms with van der Waals surface area (Å²) in [6, 6.07) is 3.56. The first-order valence-corrected chi connectivity index (χ1v) is 13.6. The lowest BCUT2D eigenvalue weighted by molar-refractivity contribution is 0.0669. The van der Waals surface area contributed by atoms with Gasteiger partial charge in [-0.1, -0.05) is 6.92 Å². The van der Waals surface area contributed by atoms with Gasteiger partial charge in [0.15, 0.2) is 0 Å². The van der Waals surface area contributed by atoms with Crippen molar-refractivity contribution in [2.75, 3.05) is 20.1 Å². The number of amides is 1. The largest absolute Gasteiger partial charge is 0.346 e. The third-order valence-corrected chi connectivity index (χ3v) is 10.0. The third kappa shape index (κ3) is 4.08. The van der Waals surface area contributed by atoms with E-state index in [1.54, 1.807) is 13.3 Å². The van der Waals surface area contributed by atoms with Gasteiger partial charge in [-0.15, -0.1) is 11.3 Å². The van der Waals surface area contributed by atoms with Crippen LogP contribution in [-0.4, -0.2) is 54.3 Å². The maximum absolute atomic E-state index is 13.5. The van der Waals surface area contributed by atoms with Crippen LogP contribution in [0.15, 0.2) is 29.6 Å². The Kier molecular flexibility index (Phi) is 5.57. The number of hydrogen-bond acceptors (Lipinski definition) is 6. The summed E-state index contributed by atoms with van der Waals surface area (Å²) < 4.78 is 27.0. The van der Waals surface area contributed by atoms with Crippen LogP contribution in [0, 0.1) is 18.3 Å². The highest BCUT2D eigenvalue weighted by Crippen LogP contribution is 2.54. The minimum atomic E-state index is -3.59. The molecule has 1 saturated carbocycles. The van der Waals surface area contributed by atoms with Crippen molar-refractivity contribution in [3.63, 3.8) is 0 Å². The molecule has 4 heterocycles. The molecule has 2 atom stereocenters. The summed E-state index contributed by atoms with van der Waals surface area (Å²) in [5.41, 5.74) is 2.05. The Bertz CT molecular complexity index is 1310. The molecule has 1 aliphatic carbocycles. The molecule has 2 N–H and O–H groups in total. The molecule has 2 fully saturated rings. The summed E-state index contributed by atoms with van der Waals surface area (Å²) >= 11 is 1.26. The maximum Gasteiger partial charge on any atom is 0.263 e. The number of aromatic nitrogens is 3. The van der Waals surface area contributed by atoms with Gasteiger partial charge in [0.2, 0.25) is 10.0 Å². The molecule has 1 spiro atoms. The second-order valence-corrected chi connectivity index (χ2v) is 12.7. The predicted octanol–water partition coefficient (Wildman–Crippen LogP) is 3.67. The normalized spacial score (nSPS) is 22.9. The Hall–Kier alpha value is -2.30. The van der Waals surface area contributed by atoms with E-state index in [1.807, 2.05) is 17.2 Å². The molecule has 1 saturated heterocycles. The van der Waals surface area contributed by atoms with Crippen LogP contribution in [-0.2, 0) is 10.0 Å². The number of thiophene rings is 1. The molecule has 0 aromatic carbocycles. The minimum Gasteiger partial charge on any atom is -0.346 e. The van der Waals surface area contributed by atoms with Gasteiger partial charge in [-0.25, -0.2) is 23.1 Å². The van der Waals surface area contributed by atoms with Gasteiger partial charge in [0.1, 0.15) is 12.0 Å². The first-order chi connectivity index (χ1) is 15.7. The smallest absolute Gasteiger partial charge is 0.263 e. The molecule has 0 radical (unpaired) electrons. The molecular formula is C23H29N5O3S2. The van der Waals surface area contributed by atoms with Crippen molar-refractivity contribution in [3.8, 4) is 0 Å². The number of hydrogen-bond donors (Lipinski definition) is 2. The van der Waals surface area contributed by atoms with E-state index < -0.39 is 10.0 Å². The fourth-order valence-corrected chi connectivity index (χ4v) is 7.65. The number of likely N-dealkylation sites (tertiary alicyclic amines) is 1. The van der Waals surface area contributed by atoms with Crippen molar-refractivity contribution < 1.29 is 13.2 Å². The van der Waals surface area contributed by atoms with Crippen LogP contribution in [0.25, 0.3) is 11.0 Å². The number of nitrogens with zero attached hydrogens (tertiary/aromatic N) is 3. The molecule has 0 unspecified atom stereocenters. The van der Waals surface area contributed by atoms with Gasteiger partial charge in [-0.2, -0.15) is 0 Å². The van der Waals surface area contributed by atoms with Gasteiger partial charge in [-0.05, 0) is 63.1 Å². The van der Waals surface area contributed by atoms with Gasteiger partial charge < -0.3 is 9.88 Å². The fourth-order valence-electron chi connectivity index (χ4n) is 5.36. The average molecular weight is 488 g/mol. The Balaban J connectivity index is 1.45. The van der Waals surface area contributed by atoms with Crippen LogP contribution >= 0.6 is 11.3 Å². The van der Waals surface area contributed by atoms with Crippen molar-refractivity contribution in [2.45, 2.75) is 50.3 Å². The highest BCUT2D eigenvalue weighted by Gasteiger charge is 2.48. The molecule has 5 rings (SSSR count). The molecule has 2 aliphatic rings. The van der Waals surface area contributed by atoms with Crippen LogP contribution in [0.2, 0.25) is 0 Å². The van der Waals surface area contributed by atoms with E-state index in [-0.39, 0.29) is 22.1 Å². The second-order valence-electron chi connectivity index (χ2n) is 9.54. The van der Waals surface area contributed by atoms with Crippen molar-refractivity contribution in [1.29, 1.82) is 0 Å². The summed E-state index contributed by atoms with van der Waals surface area (Å²) in [6.45, 7) is 5.41. The molecule has 176 valence electrons. The lowest BCUT2D eigenvalue weighted by atomic mass is 9.78. The fraction of sp³-hybridized carbons (Fsp3) is 0.522. The summed E-state index contributed by atoms with van der Waals surface area (Å²) in [7, 11) is -2.20. The number of aryl methyl sites for hydroxylation is 1. The second kappa shape index (κ2) is 8.18. The summed E-state index contributed by atoms with van der Waals surface area (Å²) in [6.07, 6.45) is 7.63. The summed E-state index contributed by atoms with van der Waals surface area (Å²) in [5, 5.41) is 1.05. The molecule has 3 aromatic rings. The van der Waals surface area contributed by atoms with Gasteiger partial charge >= 0.3 is 0 Å². The van der Waals surface area contributed by atoms with Gasteiger partial charge in [-0.3, -0.25) is 4.79 Å². The third-order valence-electron chi connectivity index (χ3n) is 7.30. The predicted molar refractivity (Wildman–Crippen MR) is 128 cm³/mol. The van der Waals surface area contributed by atoms with Crippen molar-refractivity contribution in [1.82, 2.24) is 24.6 Å². The van der Waals surface area contributed by atoms with E-state index in [2.05, 4.69) is 26.6 Å². The van der Waals surface area contributed by atoms with Crippen LogP contribution in [0.1, 0.15) is 58.8 Å². The van der Waals surface area contributed by atoms with Gasteiger partial charge in [0.25, 0.3) is 5.91 Å². The monoisotopic (exact) mass is 487 g/mol. The van der Waals surface area contributed by atoms with Crippen LogP contribution < -0.4 is 4.72 Å².